The first-order valence-corrected chi connectivity index (χ1v) is 4.45. The number of azide groups is 1. The zero-order chi connectivity index (χ0) is 10.4. The molecule has 0 fully saturated rings. The van der Waals surface area contributed by atoms with Crippen LogP contribution in [-0.2, 0) is 4.79 Å². The molecule has 6 heteroatoms. The van der Waals surface area contributed by atoms with Crippen molar-refractivity contribution in [3.05, 3.63) is 38.9 Å². The van der Waals surface area contributed by atoms with Crippen LogP contribution in [0.25, 0.3) is 16.0 Å². The van der Waals surface area contributed by atoms with Crippen molar-refractivity contribution >= 4 is 22.8 Å². The summed E-state index contributed by atoms with van der Waals surface area (Å²) in [5.41, 5.74) is 8.83. The third kappa shape index (κ3) is 2.45. The van der Waals surface area contributed by atoms with Crippen LogP contribution in [0, 0.1) is 11.3 Å². The highest BCUT2D eigenvalue weighted by atomic mass is 32.1. The Balaban J connectivity index is 3.00. The largest absolute Gasteiger partial charge is 0.288 e. The molecule has 1 aromatic heterocycles. The van der Waals surface area contributed by atoms with Gasteiger partial charge in [-0.05, 0) is 27.5 Å². The van der Waals surface area contributed by atoms with Crippen LogP contribution >= 0.6 is 11.3 Å². The highest BCUT2D eigenvalue weighted by Crippen LogP contribution is 2.16. The predicted molar refractivity (Wildman–Crippen MR) is 52.1 cm³/mol. The summed E-state index contributed by atoms with van der Waals surface area (Å²) in [5, 5.41) is 15.1. The highest BCUT2D eigenvalue weighted by molar-refractivity contribution is 7.08. The summed E-state index contributed by atoms with van der Waals surface area (Å²) in [4.78, 5) is 13.2. The van der Waals surface area contributed by atoms with Gasteiger partial charge in [0.05, 0.1) is 11.6 Å². The summed E-state index contributed by atoms with van der Waals surface area (Å²) in [5.74, 6) is -0.768. The van der Waals surface area contributed by atoms with Gasteiger partial charge in [-0.15, -0.1) is 0 Å². The third-order valence-corrected chi connectivity index (χ3v) is 2.05. The maximum absolute atomic E-state index is 10.9. The molecule has 0 saturated carbocycles. The van der Waals surface area contributed by atoms with Crippen LogP contribution in [-0.4, -0.2) is 5.91 Å². The molecule has 1 aromatic rings. The summed E-state index contributed by atoms with van der Waals surface area (Å²) < 4.78 is 0. The van der Waals surface area contributed by atoms with E-state index in [1.807, 2.05) is 6.07 Å². The van der Waals surface area contributed by atoms with Crippen molar-refractivity contribution in [2.24, 2.45) is 5.11 Å². The zero-order valence-corrected chi connectivity index (χ0v) is 7.73. The van der Waals surface area contributed by atoms with Gasteiger partial charge in [0.2, 0.25) is 5.91 Å². The van der Waals surface area contributed by atoms with Crippen LogP contribution in [0.4, 0.5) is 0 Å². The minimum Gasteiger partial charge on any atom is -0.288 e. The Bertz CT molecular complexity index is 448. The standard InChI is InChI=1S/C8H4N4OS/c9-4-7(3-8(13)11-12-10)6-1-2-14-5-6/h1-3,5H/b7-3-. The number of allylic oxidation sites excluding steroid dienone is 1. The van der Waals surface area contributed by atoms with Gasteiger partial charge in [0.15, 0.2) is 0 Å². The predicted octanol–water partition coefficient (Wildman–Crippen LogP) is 2.49. The second-order valence-electron chi connectivity index (χ2n) is 2.21. The molecule has 0 aliphatic rings. The molecule has 68 valence electrons. The average molecular weight is 204 g/mol. The first kappa shape index (κ1) is 9.99. The number of rotatable bonds is 2. The maximum Gasteiger partial charge on any atom is 0.243 e. The molecule has 0 unspecified atom stereocenters. The van der Waals surface area contributed by atoms with Crippen LogP contribution in [0.5, 0.6) is 0 Å². The van der Waals surface area contributed by atoms with E-state index in [-0.39, 0.29) is 5.57 Å². The number of carbonyl (C=O) groups excluding carboxylic acids is 1. The Morgan fingerprint density at radius 1 is 1.79 bits per heavy atom. The van der Waals surface area contributed by atoms with Crippen molar-refractivity contribution in [3.63, 3.8) is 0 Å². The van der Waals surface area contributed by atoms with E-state index in [1.165, 1.54) is 11.3 Å². The van der Waals surface area contributed by atoms with E-state index in [4.69, 9.17) is 10.8 Å². The number of thiophene rings is 1. The Morgan fingerprint density at radius 2 is 2.57 bits per heavy atom. The Hall–Kier alpha value is -2.09. The third-order valence-electron chi connectivity index (χ3n) is 1.36. The maximum atomic E-state index is 10.9. The second-order valence-corrected chi connectivity index (χ2v) is 2.99. The summed E-state index contributed by atoms with van der Waals surface area (Å²) in [6.45, 7) is 0. The molecule has 0 N–H and O–H groups in total. The molecule has 0 aromatic carbocycles. The van der Waals surface area contributed by atoms with Gasteiger partial charge in [-0.3, -0.25) is 4.79 Å². The summed E-state index contributed by atoms with van der Waals surface area (Å²) in [7, 11) is 0. The molecule has 0 aliphatic heterocycles. The van der Waals surface area contributed by atoms with Crippen molar-refractivity contribution in [3.8, 4) is 6.07 Å². The highest BCUT2D eigenvalue weighted by Gasteiger charge is 2.02. The monoisotopic (exact) mass is 204 g/mol. The Kier molecular flexibility index (Phi) is 3.44. The smallest absolute Gasteiger partial charge is 0.243 e. The van der Waals surface area contributed by atoms with Crippen molar-refractivity contribution in [1.82, 2.24) is 0 Å². The number of carbonyl (C=O) groups is 1. The quantitative estimate of drug-likeness (QED) is 0.243. The number of hydrogen-bond acceptors (Lipinski definition) is 3. The molecule has 0 aliphatic carbocycles. The fourth-order valence-electron chi connectivity index (χ4n) is 0.794. The molecule has 14 heavy (non-hydrogen) atoms. The lowest BCUT2D eigenvalue weighted by Crippen LogP contribution is -1.87. The van der Waals surface area contributed by atoms with Gasteiger partial charge in [0, 0.05) is 16.6 Å². The fourth-order valence-corrected chi connectivity index (χ4v) is 1.45. The van der Waals surface area contributed by atoms with E-state index in [0.29, 0.717) is 5.56 Å². The number of nitrogens with zero attached hydrogens (tertiary/aromatic N) is 4. The lowest BCUT2D eigenvalue weighted by Gasteiger charge is -1.89. The number of hydrogen-bond donors (Lipinski definition) is 0. The van der Waals surface area contributed by atoms with Gasteiger partial charge in [-0.1, -0.05) is 0 Å². The minimum atomic E-state index is -0.768. The van der Waals surface area contributed by atoms with E-state index >= 15 is 0 Å². The lowest BCUT2D eigenvalue weighted by atomic mass is 10.1. The molecule has 1 rings (SSSR count). The molecule has 1 amide bonds. The fraction of sp³-hybridized carbons (Fsp3) is 0. The topological polar surface area (TPSA) is 89.6 Å². The zero-order valence-electron chi connectivity index (χ0n) is 6.91. The molecule has 0 saturated heterocycles. The Labute approximate surface area is 83.5 Å². The Morgan fingerprint density at radius 3 is 3.07 bits per heavy atom. The molecular weight excluding hydrogens is 200 g/mol. The SMILES string of the molecule is N#C/C(=C/C(=O)N=[N+]=[N-])c1ccsc1. The first-order chi connectivity index (χ1) is 6.77. The van der Waals surface area contributed by atoms with Crippen LogP contribution in [0.15, 0.2) is 28.0 Å². The second kappa shape index (κ2) is 4.82. The van der Waals surface area contributed by atoms with Gasteiger partial charge in [0.1, 0.15) is 0 Å². The lowest BCUT2D eigenvalue weighted by molar-refractivity contribution is -0.113. The van der Waals surface area contributed by atoms with Crippen LogP contribution in [0.3, 0.4) is 0 Å². The minimum absolute atomic E-state index is 0.198. The molecule has 0 spiro atoms. The first-order valence-electron chi connectivity index (χ1n) is 3.51. The van der Waals surface area contributed by atoms with E-state index in [0.717, 1.165) is 6.08 Å². The van der Waals surface area contributed by atoms with E-state index in [1.54, 1.807) is 16.8 Å². The number of nitriles is 1. The number of amides is 1. The summed E-state index contributed by atoms with van der Waals surface area (Å²) in [6.07, 6.45) is 1.02. The van der Waals surface area contributed by atoms with Gasteiger partial charge in [-0.25, -0.2) is 0 Å². The van der Waals surface area contributed by atoms with Crippen LogP contribution < -0.4 is 0 Å². The van der Waals surface area contributed by atoms with Crippen molar-refractivity contribution in [2.45, 2.75) is 0 Å². The molecule has 0 atom stereocenters. The van der Waals surface area contributed by atoms with Crippen molar-refractivity contribution in [2.75, 3.05) is 0 Å². The van der Waals surface area contributed by atoms with Gasteiger partial charge >= 0.3 is 0 Å². The molecule has 0 bridgehead atoms. The van der Waals surface area contributed by atoms with Crippen LogP contribution in [0.1, 0.15) is 5.56 Å². The molecule has 5 nitrogen and oxygen atoms in total. The molecular formula is C8H4N4OS. The summed E-state index contributed by atoms with van der Waals surface area (Å²) in [6, 6.07) is 3.57. The summed E-state index contributed by atoms with van der Waals surface area (Å²) >= 11 is 1.42. The van der Waals surface area contributed by atoms with E-state index < -0.39 is 5.91 Å². The van der Waals surface area contributed by atoms with Gasteiger partial charge < -0.3 is 0 Å². The average Bonchev–Trinajstić information content (AvgIpc) is 2.67. The van der Waals surface area contributed by atoms with Crippen molar-refractivity contribution < 1.29 is 4.79 Å². The van der Waals surface area contributed by atoms with Crippen LogP contribution in [0.2, 0.25) is 0 Å². The van der Waals surface area contributed by atoms with Gasteiger partial charge in [-0.2, -0.15) is 16.6 Å². The van der Waals surface area contributed by atoms with E-state index in [9.17, 15) is 4.79 Å². The molecule has 0 radical (unpaired) electrons. The normalized spacial score (nSPS) is 10.1. The van der Waals surface area contributed by atoms with E-state index in [2.05, 4.69) is 10.0 Å². The van der Waals surface area contributed by atoms with Crippen molar-refractivity contribution in [1.29, 1.82) is 5.26 Å². The van der Waals surface area contributed by atoms with Gasteiger partial charge in [0.25, 0.3) is 0 Å². The molecule has 1 heterocycles.